The van der Waals surface area contributed by atoms with Gasteiger partial charge in [-0.2, -0.15) is 0 Å². The van der Waals surface area contributed by atoms with Gasteiger partial charge in [0.1, 0.15) is 17.1 Å². The van der Waals surface area contributed by atoms with Crippen LogP contribution in [0.5, 0.6) is 11.5 Å². The first kappa shape index (κ1) is 18.0. The number of urea groups is 1. The maximum Gasteiger partial charge on any atom is 0.342 e. The fourth-order valence-corrected chi connectivity index (χ4v) is 1.89. The highest BCUT2D eigenvalue weighted by molar-refractivity contribution is 5.99. The summed E-state index contributed by atoms with van der Waals surface area (Å²) in [5, 5.41) is 4.28. The number of hydrogen-bond acceptors (Lipinski definition) is 5. The molecule has 0 aliphatic rings. The normalized spacial score (nSPS) is 11.1. The smallest absolute Gasteiger partial charge is 0.342 e. The Hall–Kier alpha value is -3.35. The second-order valence-corrected chi connectivity index (χ2v) is 5.03. The van der Waals surface area contributed by atoms with E-state index >= 15 is 0 Å². The number of hydrogen-bond donors (Lipinski definition) is 2. The largest absolute Gasteiger partial charge is 0.456 e. The third-order valence-corrected chi connectivity index (χ3v) is 3.19. The van der Waals surface area contributed by atoms with Gasteiger partial charge < -0.3 is 14.8 Å². The van der Waals surface area contributed by atoms with Crippen molar-refractivity contribution in [3.63, 3.8) is 0 Å². The molecule has 0 bridgehead atoms. The van der Waals surface area contributed by atoms with E-state index in [0.29, 0.717) is 11.5 Å². The number of para-hydroxylation sites is 2. The number of rotatable bonds is 5. The van der Waals surface area contributed by atoms with E-state index < -0.39 is 24.0 Å². The van der Waals surface area contributed by atoms with Crippen molar-refractivity contribution < 1.29 is 23.9 Å². The SMILES string of the molecule is CNC(=O)NC(=O)[C@@H](C)OC(=O)c1ccccc1Oc1ccccc1. The van der Waals surface area contributed by atoms with Gasteiger partial charge in [-0.3, -0.25) is 10.1 Å². The topological polar surface area (TPSA) is 93.7 Å². The average molecular weight is 342 g/mol. The van der Waals surface area contributed by atoms with Crippen LogP contribution in [-0.2, 0) is 9.53 Å². The van der Waals surface area contributed by atoms with E-state index in [2.05, 4.69) is 5.32 Å². The van der Waals surface area contributed by atoms with Gasteiger partial charge in [-0.1, -0.05) is 30.3 Å². The number of imide groups is 1. The van der Waals surface area contributed by atoms with E-state index in [1.54, 1.807) is 42.5 Å². The zero-order valence-electron chi connectivity index (χ0n) is 13.8. The predicted molar refractivity (Wildman–Crippen MR) is 90.4 cm³/mol. The first-order valence-electron chi connectivity index (χ1n) is 7.56. The zero-order valence-corrected chi connectivity index (χ0v) is 13.8. The Morgan fingerprint density at radius 2 is 1.60 bits per heavy atom. The highest BCUT2D eigenvalue weighted by Gasteiger charge is 2.22. The molecule has 0 radical (unpaired) electrons. The molecule has 0 aliphatic heterocycles. The second kappa shape index (κ2) is 8.49. The highest BCUT2D eigenvalue weighted by atomic mass is 16.5. The summed E-state index contributed by atoms with van der Waals surface area (Å²) in [6, 6.07) is 14.8. The molecule has 0 aliphatic carbocycles. The lowest BCUT2D eigenvalue weighted by Crippen LogP contribution is -2.43. The lowest BCUT2D eigenvalue weighted by Gasteiger charge is -2.14. The Morgan fingerprint density at radius 3 is 2.28 bits per heavy atom. The van der Waals surface area contributed by atoms with Gasteiger partial charge in [0.25, 0.3) is 5.91 Å². The molecule has 0 fully saturated rings. The van der Waals surface area contributed by atoms with Crippen molar-refractivity contribution in [3.8, 4) is 11.5 Å². The molecular formula is C18H18N2O5. The minimum absolute atomic E-state index is 0.172. The average Bonchev–Trinajstić information content (AvgIpc) is 2.62. The Labute approximate surface area is 144 Å². The van der Waals surface area contributed by atoms with E-state index in [0.717, 1.165) is 0 Å². The van der Waals surface area contributed by atoms with Gasteiger partial charge >= 0.3 is 12.0 Å². The summed E-state index contributed by atoms with van der Waals surface area (Å²) in [5.74, 6) is -0.592. The van der Waals surface area contributed by atoms with Gasteiger partial charge in [0, 0.05) is 7.05 Å². The molecule has 7 nitrogen and oxygen atoms in total. The van der Waals surface area contributed by atoms with Gasteiger partial charge in [0.15, 0.2) is 6.10 Å². The maximum atomic E-state index is 12.3. The second-order valence-electron chi connectivity index (χ2n) is 5.03. The third kappa shape index (κ3) is 5.07. The van der Waals surface area contributed by atoms with Crippen molar-refractivity contribution in [2.24, 2.45) is 0 Å². The molecule has 2 N–H and O–H groups in total. The Bertz CT molecular complexity index is 761. The Kier molecular flexibility index (Phi) is 6.11. The standard InChI is InChI=1S/C18H18N2O5/c1-12(16(21)20-18(23)19-2)24-17(22)14-10-6-7-11-15(14)25-13-8-4-3-5-9-13/h3-12H,1-2H3,(H2,19,20,21,23)/t12-/m1/s1. The van der Waals surface area contributed by atoms with Crippen LogP contribution in [0.15, 0.2) is 54.6 Å². The number of benzene rings is 2. The highest BCUT2D eigenvalue weighted by Crippen LogP contribution is 2.25. The molecule has 2 rings (SSSR count). The zero-order chi connectivity index (χ0) is 18.2. The molecule has 0 saturated carbocycles. The Balaban J connectivity index is 2.09. The van der Waals surface area contributed by atoms with E-state index in [1.165, 1.54) is 20.0 Å². The molecule has 0 heterocycles. The monoisotopic (exact) mass is 342 g/mol. The maximum absolute atomic E-state index is 12.3. The number of esters is 1. The molecular weight excluding hydrogens is 324 g/mol. The Morgan fingerprint density at radius 1 is 0.960 bits per heavy atom. The molecule has 0 aromatic heterocycles. The van der Waals surface area contributed by atoms with Crippen LogP contribution in [0.4, 0.5) is 4.79 Å². The van der Waals surface area contributed by atoms with Crippen molar-refractivity contribution in [1.82, 2.24) is 10.6 Å². The summed E-state index contributed by atoms with van der Waals surface area (Å²) >= 11 is 0. The number of ether oxygens (including phenoxy) is 2. The molecule has 0 unspecified atom stereocenters. The lowest BCUT2D eigenvalue weighted by atomic mass is 10.2. The van der Waals surface area contributed by atoms with Gasteiger partial charge in [-0.05, 0) is 31.2 Å². The van der Waals surface area contributed by atoms with Crippen molar-refractivity contribution in [2.75, 3.05) is 7.05 Å². The van der Waals surface area contributed by atoms with Crippen LogP contribution in [0.1, 0.15) is 17.3 Å². The predicted octanol–water partition coefficient (Wildman–Crippen LogP) is 2.48. The molecule has 25 heavy (non-hydrogen) atoms. The van der Waals surface area contributed by atoms with Crippen molar-refractivity contribution in [1.29, 1.82) is 0 Å². The number of carbonyl (C=O) groups is 3. The quantitative estimate of drug-likeness (QED) is 0.814. The summed E-state index contributed by atoms with van der Waals surface area (Å²) in [5.41, 5.74) is 0.172. The molecule has 0 spiro atoms. The van der Waals surface area contributed by atoms with Crippen LogP contribution >= 0.6 is 0 Å². The van der Waals surface area contributed by atoms with Crippen LogP contribution in [0.3, 0.4) is 0 Å². The summed E-state index contributed by atoms with van der Waals surface area (Å²) in [6.45, 7) is 1.37. The lowest BCUT2D eigenvalue weighted by molar-refractivity contribution is -0.127. The first-order valence-corrected chi connectivity index (χ1v) is 7.56. The van der Waals surface area contributed by atoms with Gasteiger partial charge in [-0.15, -0.1) is 0 Å². The fourth-order valence-electron chi connectivity index (χ4n) is 1.89. The molecule has 130 valence electrons. The number of nitrogens with one attached hydrogen (secondary N) is 2. The summed E-state index contributed by atoms with van der Waals surface area (Å²) in [7, 11) is 1.37. The van der Waals surface area contributed by atoms with E-state index in [-0.39, 0.29) is 5.56 Å². The fraction of sp³-hybridized carbons (Fsp3) is 0.167. The van der Waals surface area contributed by atoms with Gasteiger partial charge in [0.2, 0.25) is 0 Å². The van der Waals surface area contributed by atoms with Gasteiger partial charge in [-0.25, -0.2) is 9.59 Å². The van der Waals surface area contributed by atoms with E-state index in [4.69, 9.17) is 9.47 Å². The molecule has 0 saturated heterocycles. The van der Waals surface area contributed by atoms with Gasteiger partial charge in [0.05, 0.1) is 0 Å². The minimum Gasteiger partial charge on any atom is -0.456 e. The third-order valence-electron chi connectivity index (χ3n) is 3.19. The molecule has 3 amide bonds. The van der Waals surface area contributed by atoms with Crippen LogP contribution in [0.2, 0.25) is 0 Å². The van der Waals surface area contributed by atoms with E-state index in [1.807, 2.05) is 11.4 Å². The molecule has 2 aromatic rings. The molecule has 2 aromatic carbocycles. The number of carbonyl (C=O) groups excluding carboxylic acids is 3. The van der Waals surface area contributed by atoms with Crippen LogP contribution in [0, 0.1) is 0 Å². The van der Waals surface area contributed by atoms with Crippen molar-refractivity contribution >= 4 is 17.9 Å². The van der Waals surface area contributed by atoms with E-state index in [9.17, 15) is 14.4 Å². The molecule has 1 atom stereocenters. The first-order chi connectivity index (χ1) is 12.0. The van der Waals surface area contributed by atoms with Crippen LogP contribution in [0.25, 0.3) is 0 Å². The van der Waals surface area contributed by atoms with Crippen LogP contribution < -0.4 is 15.4 Å². The van der Waals surface area contributed by atoms with Crippen molar-refractivity contribution in [2.45, 2.75) is 13.0 Å². The van der Waals surface area contributed by atoms with Crippen LogP contribution in [-0.4, -0.2) is 31.1 Å². The summed E-state index contributed by atoms with van der Waals surface area (Å²) < 4.78 is 10.8. The number of amides is 3. The molecule has 7 heteroatoms. The van der Waals surface area contributed by atoms with Crippen molar-refractivity contribution in [3.05, 3.63) is 60.2 Å². The summed E-state index contributed by atoms with van der Waals surface area (Å²) in [4.78, 5) is 35.3. The summed E-state index contributed by atoms with van der Waals surface area (Å²) in [6.07, 6.45) is -1.14. The minimum atomic E-state index is -1.14.